The summed E-state index contributed by atoms with van der Waals surface area (Å²) in [7, 11) is 0. The standard InChI is InChI=1S/C12H18O/c1-8-9-5-4-6-12(2,3)10(9)7-11(8)13/h7-9H,4-6H2,1-3H3/t8-,9-/m0/s1. The fraction of sp³-hybridized carbons (Fsp3) is 0.750. The highest BCUT2D eigenvalue weighted by Gasteiger charge is 2.41. The molecule has 1 saturated carbocycles. The average Bonchev–Trinajstić information content (AvgIpc) is 2.32. The van der Waals surface area contributed by atoms with Crippen molar-refractivity contribution in [2.45, 2.75) is 40.0 Å². The lowest BCUT2D eigenvalue weighted by Crippen LogP contribution is -2.27. The van der Waals surface area contributed by atoms with Gasteiger partial charge in [0.15, 0.2) is 5.78 Å². The molecular formula is C12H18O. The van der Waals surface area contributed by atoms with Gasteiger partial charge in [0.1, 0.15) is 0 Å². The zero-order valence-electron chi connectivity index (χ0n) is 8.76. The third-order valence-electron chi connectivity index (χ3n) is 3.85. The van der Waals surface area contributed by atoms with Crippen molar-refractivity contribution in [3.05, 3.63) is 11.6 Å². The van der Waals surface area contributed by atoms with Gasteiger partial charge in [0.2, 0.25) is 0 Å². The number of ketones is 1. The van der Waals surface area contributed by atoms with E-state index in [9.17, 15) is 4.79 Å². The first kappa shape index (κ1) is 8.98. The minimum absolute atomic E-state index is 0.259. The molecule has 2 aliphatic rings. The molecule has 0 heterocycles. The van der Waals surface area contributed by atoms with Gasteiger partial charge in [0.25, 0.3) is 0 Å². The van der Waals surface area contributed by atoms with Gasteiger partial charge in [-0.25, -0.2) is 0 Å². The van der Waals surface area contributed by atoms with Crippen molar-refractivity contribution in [2.75, 3.05) is 0 Å². The third-order valence-corrected chi connectivity index (χ3v) is 3.85. The summed E-state index contributed by atoms with van der Waals surface area (Å²) in [5.41, 5.74) is 1.71. The number of carbonyl (C=O) groups is 1. The minimum atomic E-state index is 0.259. The van der Waals surface area contributed by atoms with E-state index in [1.165, 1.54) is 24.8 Å². The Kier molecular flexibility index (Phi) is 1.86. The van der Waals surface area contributed by atoms with Gasteiger partial charge >= 0.3 is 0 Å². The van der Waals surface area contributed by atoms with E-state index in [2.05, 4.69) is 20.8 Å². The van der Waals surface area contributed by atoms with Crippen LogP contribution in [0.3, 0.4) is 0 Å². The van der Waals surface area contributed by atoms with Crippen molar-refractivity contribution in [1.82, 2.24) is 0 Å². The highest BCUT2D eigenvalue weighted by Crippen LogP contribution is 2.49. The van der Waals surface area contributed by atoms with Crippen LogP contribution in [0.4, 0.5) is 0 Å². The second kappa shape index (κ2) is 2.70. The third kappa shape index (κ3) is 1.25. The second-order valence-electron chi connectivity index (χ2n) is 5.17. The van der Waals surface area contributed by atoms with Gasteiger partial charge in [-0.2, -0.15) is 0 Å². The summed E-state index contributed by atoms with van der Waals surface area (Å²) in [6, 6.07) is 0. The molecular weight excluding hydrogens is 160 g/mol. The highest BCUT2D eigenvalue weighted by atomic mass is 16.1. The number of carbonyl (C=O) groups excluding carboxylic acids is 1. The lowest BCUT2D eigenvalue weighted by atomic mass is 9.67. The molecule has 0 aromatic heterocycles. The SMILES string of the molecule is C[C@@H]1C(=O)C=C2[C@H]1CCCC2(C)C. The van der Waals surface area contributed by atoms with E-state index in [0.717, 1.165) is 0 Å². The van der Waals surface area contributed by atoms with E-state index in [1.807, 2.05) is 6.08 Å². The second-order valence-corrected chi connectivity index (χ2v) is 5.17. The molecule has 2 aliphatic carbocycles. The van der Waals surface area contributed by atoms with E-state index < -0.39 is 0 Å². The monoisotopic (exact) mass is 178 g/mol. The minimum Gasteiger partial charge on any atom is -0.295 e. The topological polar surface area (TPSA) is 17.1 Å². The van der Waals surface area contributed by atoms with Gasteiger partial charge in [-0.1, -0.05) is 32.8 Å². The molecule has 0 bridgehead atoms. The van der Waals surface area contributed by atoms with Crippen LogP contribution in [0.5, 0.6) is 0 Å². The fourth-order valence-electron chi connectivity index (χ4n) is 2.87. The predicted molar refractivity (Wildman–Crippen MR) is 53.4 cm³/mol. The van der Waals surface area contributed by atoms with Gasteiger partial charge < -0.3 is 0 Å². The number of rotatable bonds is 0. The van der Waals surface area contributed by atoms with E-state index in [1.54, 1.807) is 0 Å². The lowest BCUT2D eigenvalue weighted by Gasteiger charge is -2.37. The van der Waals surface area contributed by atoms with Gasteiger partial charge in [0.05, 0.1) is 0 Å². The first-order valence-corrected chi connectivity index (χ1v) is 5.28. The number of fused-ring (bicyclic) bond motifs is 1. The quantitative estimate of drug-likeness (QED) is 0.557. The number of hydrogen-bond acceptors (Lipinski definition) is 1. The molecule has 0 saturated heterocycles. The Balaban J connectivity index is 2.35. The van der Waals surface area contributed by atoms with Crippen molar-refractivity contribution in [2.24, 2.45) is 17.3 Å². The van der Waals surface area contributed by atoms with Crippen LogP contribution in [0.15, 0.2) is 11.6 Å². The van der Waals surface area contributed by atoms with E-state index in [4.69, 9.17) is 0 Å². The molecule has 1 fully saturated rings. The number of allylic oxidation sites excluding steroid dienone is 2. The fourth-order valence-corrected chi connectivity index (χ4v) is 2.87. The molecule has 0 N–H and O–H groups in total. The largest absolute Gasteiger partial charge is 0.295 e. The molecule has 0 radical (unpaired) electrons. The lowest BCUT2D eigenvalue weighted by molar-refractivity contribution is -0.117. The molecule has 0 aromatic carbocycles. The molecule has 0 amide bonds. The normalized spacial score (nSPS) is 37.2. The highest BCUT2D eigenvalue weighted by molar-refractivity contribution is 5.95. The summed E-state index contributed by atoms with van der Waals surface area (Å²) >= 11 is 0. The van der Waals surface area contributed by atoms with E-state index in [-0.39, 0.29) is 11.3 Å². The summed E-state index contributed by atoms with van der Waals surface area (Å²) in [4.78, 5) is 11.6. The summed E-state index contributed by atoms with van der Waals surface area (Å²) in [6.45, 7) is 6.63. The Labute approximate surface area is 80.2 Å². The van der Waals surface area contributed by atoms with Crippen molar-refractivity contribution in [1.29, 1.82) is 0 Å². The molecule has 0 unspecified atom stereocenters. The summed E-state index contributed by atoms with van der Waals surface area (Å²) in [6.07, 6.45) is 5.68. The van der Waals surface area contributed by atoms with Crippen LogP contribution < -0.4 is 0 Å². The zero-order valence-corrected chi connectivity index (χ0v) is 8.76. The Bertz CT molecular complexity index is 273. The molecule has 2 atom stereocenters. The Morgan fingerprint density at radius 1 is 1.46 bits per heavy atom. The van der Waals surface area contributed by atoms with Gasteiger partial charge in [0, 0.05) is 5.92 Å². The van der Waals surface area contributed by atoms with E-state index >= 15 is 0 Å². The smallest absolute Gasteiger partial charge is 0.159 e. The zero-order chi connectivity index (χ0) is 9.64. The Morgan fingerprint density at radius 2 is 2.15 bits per heavy atom. The number of hydrogen-bond donors (Lipinski definition) is 0. The molecule has 0 aliphatic heterocycles. The molecule has 72 valence electrons. The molecule has 2 rings (SSSR count). The first-order valence-electron chi connectivity index (χ1n) is 5.28. The predicted octanol–water partition coefficient (Wildman–Crippen LogP) is 2.96. The first-order chi connectivity index (χ1) is 6.02. The molecule has 0 aromatic rings. The Hall–Kier alpha value is -0.590. The van der Waals surface area contributed by atoms with Crippen molar-refractivity contribution >= 4 is 5.78 Å². The van der Waals surface area contributed by atoms with Gasteiger partial charge in [-0.3, -0.25) is 4.79 Å². The molecule has 1 heteroatoms. The molecule has 13 heavy (non-hydrogen) atoms. The average molecular weight is 178 g/mol. The summed E-state index contributed by atoms with van der Waals surface area (Å²) in [5, 5.41) is 0. The maximum Gasteiger partial charge on any atom is 0.159 e. The maximum absolute atomic E-state index is 11.6. The maximum atomic E-state index is 11.6. The Morgan fingerprint density at radius 3 is 2.77 bits per heavy atom. The van der Waals surface area contributed by atoms with Crippen LogP contribution in [0.25, 0.3) is 0 Å². The van der Waals surface area contributed by atoms with E-state index in [0.29, 0.717) is 11.7 Å². The van der Waals surface area contributed by atoms with Crippen LogP contribution in [0, 0.1) is 17.3 Å². The summed E-state index contributed by atoms with van der Waals surface area (Å²) < 4.78 is 0. The van der Waals surface area contributed by atoms with Crippen molar-refractivity contribution in [3.8, 4) is 0 Å². The molecule has 0 spiro atoms. The van der Waals surface area contributed by atoms with Crippen molar-refractivity contribution in [3.63, 3.8) is 0 Å². The van der Waals surface area contributed by atoms with Crippen LogP contribution in [-0.2, 0) is 4.79 Å². The molecule has 1 nitrogen and oxygen atoms in total. The van der Waals surface area contributed by atoms with Crippen molar-refractivity contribution < 1.29 is 4.79 Å². The van der Waals surface area contributed by atoms with Crippen LogP contribution >= 0.6 is 0 Å². The summed E-state index contributed by atoms with van der Waals surface area (Å²) in [5.74, 6) is 1.18. The van der Waals surface area contributed by atoms with Crippen LogP contribution in [0.2, 0.25) is 0 Å². The van der Waals surface area contributed by atoms with Crippen LogP contribution in [-0.4, -0.2) is 5.78 Å². The van der Waals surface area contributed by atoms with Gasteiger partial charge in [-0.05, 0) is 30.3 Å². The van der Waals surface area contributed by atoms with Gasteiger partial charge in [-0.15, -0.1) is 0 Å². The van der Waals surface area contributed by atoms with Crippen LogP contribution in [0.1, 0.15) is 40.0 Å².